The fourth-order valence-electron chi connectivity index (χ4n) is 2.18. The second kappa shape index (κ2) is 9.89. The van der Waals surface area contributed by atoms with Crippen LogP contribution in [0.1, 0.15) is 31.7 Å². The average molecular weight is 419 g/mol. The molecule has 0 amide bonds. The molecule has 0 bridgehead atoms. The second-order valence-corrected chi connectivity index (χ2v) is 5.48. The quantitative estimate of drug-likeness (QED) is 0.405. The minimum Gasteiger partial charge on any atom is -0.490 e. The summed E-state index contributed by atoms with van der Waals surface area (Å²) in [7, 11) is 1.67. The number of para-hydroxylation sites is 1. The number of methoxy groups -OCH3 is 1. The molecule has 1 saturated carbocycles. The number of rotatable bonds is 7. The van der Waals surface area contributed by atoms with Gasteiger partial charge in [0, 0.05) is 18.7 Å². The summed E-state index contributed by atoms with van der Waals surface area (Å²) in [6.07, 6.45) is 3.93. The van der Waals surface area contributed by atoms with Gasteiger partial charge in [-0.2, -0.15) is 0 Å². The zero-order valence-electron chi connectivity index (χ0n) is 13.2. The molecule has 5 nitrogen and oxygen atoms in total. The van der Waals surface area contributed by atoms with Gasteiger partial charge in [0.25, 0.3) is 0 Å². The molecular weight excluding hydrogens is 393 g/mol. The van der Waals surface area contributed by atoms with E-state index in [1.165, 1.54) is 6.42 Å². The van der Waals surface area contributed by atoms with E-state index >= 15 is 0 Å². The number of ether oxygens (including phenoxy) is 2. The third-order valence-electron chi connectivity index (χ3n) is 3.55. The summed E-state index contributed by atoms with van der Waals surface area (Å²) < 4.78 is 11.0. The molecule has 1 fully saturated rings. The minimum absolute atomic E-state index is 0. The number of hydrogen-bond donors (Lipinski definition) is 2. The molecule has 6 heteroatoms. The fraction of sp³-hybridized carbons (Fsp3) is 0.562. The van der Waals surface area contributed by atoms with Crippen molar-refractivity contribution in [3.05, 3.63) is 29.8 Å². The summed E-state index contributed by atoms with van der Waals surface area (Å²) in [4.78, 5) is 4.38. The van der Waals surface area contributed by atoms with E-state index in [1.54, 1.807) is 7.11 Å². The first-order chi connectivity index (χ1) is 10.2. The molecule has 1 unspecified atom stereocenters. The Balaban J connectivity index is 0.00000242. The maximum atomic E-state index is 5.98. The molecule has 3 N–H and O–H groups in total. The summed E-state index contributed by atoms with van der Waals surface area (Å²) in [5.74, 6) is 1.35. The molecular formula is C16H26IN3O2. The van der Waals surface area contributed by atoms with E-state index in [-0.39, 0.29) is 30.0 Å². The van der Waals surface area contributed by atoms with Crippen LogP contribution in [0.5, 0.6) is 5.75 Å². The van der Waals surface area contributed by atoms with Crippen molar-refractivity contribution < 1.29 is 9.47 Å². The number of halogens is 1. The standard InChI is InChI=1S/C16H25N3O2.HI/c1-12(11-20-2)19-16(17)18-10-13-6-3-4-9-15(13)21-14-7-5-8-14;/h3-4,6,9,12,14H,5,7-8,10-11H2,1-2H3,(H3,17,18,19);1H. The van der Waals surface area contributed by atoms with Crippen LogP contribution in [0.25, 0.3) is 0 Å². The number of aliphatic imine (C=N–C) groups is 1. The van der Waals surface area contributed by atoms with Gasteiger partial charge >= 0.3 is 0 Å². The van der Waals surface area contributed by atoms with Gasteiger partial charge in [-0.3, -0.25) is 0 Å². The predicted molar refractivity (Wildman–Crippen MR) is 99.9 cm³/mol. The Morgan fingerprint density at radius 1 is 1.41 bits per heavy atom. The molecule has 1 aliphatic carbocycles. The summed E-state index contributed by atoms with van der Waals surface area (Å²) in [5.41, 5.74) is 6.95. The number of nitrogens with two attached hydrogens (primary N) is 1. The first kappa shape index (κ1) is 19.0. The molecule has 2 rings (SSSR count). The van der Waals surface area contributed by atoms with Crippen LogP contribution in [0.15, 0.2) is 29.3 Å². The molecule has 0 saturated heterocycles. The van der Waals surface area contributed by atoms with E-state index in [1.807, 2.05) is 31.2 Å². The van der Waals surface area contributed by atoms with E-state index in [9.17, 15) is 0 Å². The third kappa shape index (κ3) is 6.00. The van der Waals surface area contributed by atoms with Gasteiger partial charge in [0.15, 0.2) is 5.96 Å². The van der Waals surface area contributed by atoms with Crippen molar-refractivity contribution in [3.8, 4) is 5.75 Å². The van der Waals surface area contributed by atoms with Crippen LogP contribution in [0.2, 0.25) is 0 Å². The first-order valence-corrected chi connectivity index (χ1v) is 7.49. The van der Waals surface area contributed by atoms with Crippen LogP contribution >= 0.6 is 24.0 Å². The fourth-order valence-corrected chi connectivity index (χ4v) is 2.18. The van der Waals surface area contributed by atoms with Gasteiger partial charge in [-0.25, -0.2) is 4.99 Å². The number of benzene rings is 1. The topological polar surface area (TPSA) is 68.9 Å². The lowest BCUT2D eigenvalue weighted by Gasteiger charge is -2.27. The van der Waals surface area contributed by atoms with Crippen LogP contribution in [0.4, 0.5) is 0 Å². The van der Waals surface area contributed by atoms with Crippen molar-refractivity contribution in [3.63, 3.8) is 0 Å². The first-order valence-electron chi connectivity index (χ1n) is 7.49. The SMILES string of the molecule is COCC(C)NC(N)=NCc1ccccc1OC1CCC1.I. The molecule has 0 aromatic heterocycles. The van der Waals surface area contributed by atoms with Crippen molar-refractivity contribution in [2.24, 2.45) is 10.7 Å². The molecule has 0 heterocycles. The molecule has 0 spiro atoms. The monoisotopic (exact) mass is 419 g/mol. The third-order valence-corrected chi connectivity index (χ3v) is 3.55. The maximum Gasteiger partial charge on any atom is 0.189 e. The van der Waals surface area contributed by atoms with Gasteiger partial charge in [-0.15, -0.1) is 24.0 Å². The van der Waals surface area contributed by atoms with Gasteiger partial charge in [0.05, 0.1) is 19.3 Å². The Morgan fingerprint density at radius 3 is 2.77 bits per heavy atom. The van der Waals surface area contributed by atoms with Crippen LogP contribution in [0, 0.1) is 0 Å². The van der Waals surface area contributed by atoms with Crippen molar-refractivity contribution >= 4 is 29.9 Å². The Labute approximate surface area is 149 Å². The zero-order chi connectivity index (χ0) is 15.1. The van der Waals surface area contributed by atoms with Gasteiger partial charge in [0.2, 0.25) is 0 Å². The highest BCUT2D eigenvalue weighted by atomic mass is 127. The van der Waals surface area contributed by atoms with Crippen molar-refractivity contribution in [2.45, 2.75) is 44.9 Å². The van der Waals surface area contributed by atoms with Gasteiger partial charge in [0.1, 0.15) is 5.75 Å². The molecule has 124 valence electrons. The average Bonchev–Trinajstić information content (AvgIpc) is 2.42. The summed E-state index contributed by atoms with van der Waals surface area (Å²) in [6, 6.07) is 8.16. The van der Waals surface area contributed by atoms with Gasteiger partial charge < -0.3 is 20.5 Å². The minimum atomic E-state index is 0. The Morgan fingerprint density at radius 2 is 2.14 bits per heavy atom. The molecule has 0 radical (unpaired) electrons. The van der Waals surface area contributed by atoms with Gasteiger partial charge in [-0.05, 0) is 32.3 Å². The highest BCUT2D eigenvalue weighted by molar-refractivity contribution is 14.0. The van der Waals surface area contributed by atoms with Crippen molar-refractivity contribution in [1.82, 2.24) is 5.32 Å². The highest BCUT2D eigenvalue weighted by Gasteiger charge is 2.20. The number of nitrogens with one attached hydrogen (secondary N) is 1. The lowest BCUT2D eigenvalue weighted by Crippen LogP contribution is -2.40. The largest absolute Gasteiger partial charge is 0.490 e. The number of nitrogens with zero attached hydrogens (tertiary/aromatic N) is 1. The normalized spacial score (nSPS) is 16.4. The van der Waals surface area contributed by atoms with Crippen molar-refractivity contribution in [1.29, 1.82) is 0 Å². The van der Waals surface area contributed by atoms with Crippen LogP contribution in [0.3, 0.4) is 0 Å². The molecule has 1 aromatic rings. The summed E-state index contributed by atoms with van der Waals surface area (Å²) in [5, 5.41) is 3.10. The predicted octanol–water partition coefficient (Wildman–Crippen LogP) is 2.68. The van der Waals surface area contributed by atoms with Crippen LogP contribution in [-0.2, 0) is 11.3 Å². The van der Waals surface area contributed by atoms with Crippen LogP contribution < -0.4 is 15.8 Å². The highest BCUT2D eigenvalue weighted by Crippen LogP contribution is 2.27. The zero-order valence-corrected chi connectivity index (χ0v) is 15.6. The molecule has 1 atom stereocenters. The lowest BCUT2D eigenvalue weighted by molar-refractivity contribution is 0.119. The van der Waals surface area contributed by atoms with Crippen LogP contribution in [-0.4, -0.2) is 31.8 Å². The smallest absolute Gasteiger partial charge is 0.189 e. The van der Waals surface area contributed by atoms with E-state index in [4.69, 9.17) is 15.2 Å². The molecule has 0 aliphatic heterocycles. The second-order valence-electron chi connectivity index (χ2n) is 5.48. The molecule has 1 aliphatic rings. The van der Waals surface area contributed by atoms with E-state index in [0.717, 1.165) is 24.2 Å². The molecule has 22 heavy (non-hydrogen) atoms. The van der Waals surface area contributed by atoms with Crippen molar-refractivity contribution in [2.75, 3.05) is 13.7 Å². The van der Waals surface area contributed by atoms with Gasteiger partial charge in [-0.1, -0.05) is 18.2 Å². The summed E-state index contributed by atoms with van der Waals surface area (Å²) >= 11 is 0. The number of guanidine groups is 1. The Kier molecular flexibility index (Phi) is 8.55. The Bertz CT molecular complexity index is 478. The summed E-state index contributed by atoms with van der Waals surface area (Å²) in [6.45, 7) is 3.11. The van der Waals surface area contributed by atoms with E-state index < -0.39 is 0 Å². The lowest BCUT2D eigenvalue weighted by atomic mass is 9.96. The van der Waals surface area contributed by atoms with E-state index in [2.05, 4.69) is 10.3 Å². The Hall–Kier alpha value is -1.02. The number of hydrogen-bond acceptors (Lipinski definition) is 3. The maximum absolute atomic E-state index is 5.98. The van der Waals surface area contributed by atoms with E-state index in [0.29, 0.717) is 25.2 Å². The molecule has 1 aromatic carbocycles.